The van der Waals surface area contributed by atoms with E-state index in [2.05, 4.69) is 37.9 Å². The standard InChI is InChI=1S/C16H30N2O.ClH/c1-15(2)13(16(15,3)4)14(19)18-10-7-12(8-11-18)6-9-17-5;/h12-13,17H,6-11H2,1-5H3;1H. The highest BCUT2D eigenvalue weighted by atomic mass is 35.5. The second-order valence-corrected chi connectivity index (χ2v) is 7.54. The number of rotatable bonds is 4. The lowest BCUT2D eigenvalue weighted by molar-refractivity contribution is -0.135. The highest BCUT2D eigenvalue weighted by molar-refractivity contribution is 5.85. The van der Waals surface area contributed by atoms with Crippen molar-refractivity contribution >= 4 is 18.3 Å². The van der Waals surface area contributed by atoms with E-state index >= 15 is 0 Å². The molecule has 2 rings (SSSR count). The third-order valence-electron chi connectivity index (χ3n) is 6.00. The number of carbonyl (C=O) groups excluding carboxylic acids is 1. The van der Waals surface area contributed by atoms with E-state index in [0.717, 1.165) is 25.6 Å². The predicted octanol–water partition coefficient (Wildman–Crippen LogP) is 2.94. The minimum absolute atomic E-state index is 0. The van der Waals surface area contributed by atoms with Crippen molar-refractivity contribution in [1.82, 2.24) is 10.2 Å². The normalized spacial score (nSPS) is 25.1. The summed E-state index contributed by atoms with van der Waals surface area (Å²) >= 11 is 0. The maximum Gasteiger partial charge on any atom is 0.226 e. The van der Waals surface area contributed by atoms with Gasteiger partial charge in [-0.05, 0) is 49.6 Å². The second kappa shape index (κ2) is 6.23. The van der Waals surface area contributed by atoms with Crippen LogP contribution in [0.15, 0.2) is 0 Å². The van der Waals surface area contributed by atoms with Crippen molar-refractivity contribution in [2.45, 2.75) is 47.0 Å². The van der Waals surface area contributed by atoms with Gasteiger partial charge in [0, 0.05) is 19.0 Å². The summed E-state index contributed by atoms with van der Waals surface area (Å²) in [6, 6.07) is 0. The Labute approximate surface area is 130 Å². The molecule has 0 aromatic carbocycles. The van der Waals surface area contributed by atoms with Gasteiger partial charge >= 0.3 is 0 Å². The number of piperidine rings is 1. The van der Waals surface area contributed by atoms with Crippen molar-refractivity contribution < 1.29 is 4.79 Å². The molecule has 0 spiro atoms. The van der Waals surface area contributed by atoms with Gasteiger partial charge in [0.2, 0.25) is 5.91 Å². The van der Waals surface area contributed by atoms with Crippen LogP contribution in [-0.4, -0.2) is 37.5 Å². The fourth-order valence-corrected chi connectivity index (χ4v) is 3.79. The first-order valence-corrected chi connectivity index (χ1v) is 7.75. The van der Waals surface area contributed by atoms with Gasteiger partial charge in [0.15, 0.2) is 0 Å². The number of hydrogen-bond acceptors (Lipinski definition) is 2. The summed E-state index contributed by atoms with van der Waals surface area (Å²) in [5, 5.41) is 3.22. The molecule has 0 unspecified atom stereocenters. The smallest absolute Gasteiger partial charge is 0.226 e. The van der Waals surface area contributed by atoms with Gasteiger partial charge in [-0.1, -0.05) is 27.7 Å². The maximum atomic E-state index is 12.6. The Hall–Kier alpha value is -0.280. The monoisotopic (exact) mass is 302 g/mol. The maximum absolute atomic E-state index is 12.6. The van der Waals surface area contributed by atoms with Crippen LogP contribution in [0.2, 0.25) is 0 Å². The largest absolute Gasteiger partial charge is 0.342 e. The van der Waals surface area contributed by atoms with E-state index in [-0.39, 0.29) is 29.2 Å². The highest BCUT2D eigenvalue weighted by Crippen LogP contribution is 2.68. The number of hydrogen-bond donors (Lipinski definition) is 1. The van der Waals surface area contributed by atoms with Gasteiger partial charge < -0.3 is 10.2 Å². The number of halogens is 1. The topological polar surface area (TPSA) is 32.3 Å². The fourth-order valence-electron chi connectivity index (χ4n) is 3.79. The van der Waals surface area contributed by atoms with Crippen LogP contribution in [0.1, 0.15) is 47.0 Å². The van der Waals surface area contributed by atoms with Crippen LogP contribution >= 0.6 is 12.4 Å². The van der Waals surface area contributed by atoms with Crippen LogP contribution in [-0.2, 0) is 4.79 Å². The minimum Gasteiger partial charge on any atom is -0.342 e. The van der Waals surface area contributed by atoms with Crippen LogP contribution in [0.25, 0.3) is 0 Å². The fraction of sp³-hybridized carbons (Fsp3) is 0.938. The summed E-state index contributed by atoms with van der Waals surface area (Å²) in [5.74, 6) is 1.44. The molecule has 0 atom stereocenters. The zero-order chi connectivity index (χ0) is 14.3. The summed E-state index contributed by atoms with van der Waals surface area (Å²) < 4.78 is 0. The van der Waals surface area contributed by atoms with Gasteiger partial charge in [-0.3, -0.25) is 4.79 Å². The molecule has 1 aliphatic carbocycles. The number of likely N-dealkylation sites (tertiary alicyclic amines) is 1. The van der Waals surface area contributed by atoms with Crippen molar-refractivity contribution in [3.05, 3.63) is 0 Å². The average molecular weight is 303 g/mol. The van der Waals surface area contributed by atoms with Gasteiger partial charge in [-0.2, -0.15) is 0 Å². The molecule has 3 nitrogen and oxygen atoms in total. The molecule has 0 bridgehead atoms. The van der Waals surface area contributed by atoms with Crippen molar-refractivity contribution in [1.29, 1.82) is 0 Å². The third-order valence-corrected chi connectivity index (χ3v) is 6.00. The van der Waals surface area contributed by atoms with Gasteiger partial charge in [-0.15, -0.1) is 12.4 Å². The van der Waals surface area contributed by atoms with Crippen LogP contribution < -0.4 is 5.32 Å². The van der Waals surface area contributed by atoms with E-state index in [0.29, 0.717) is 5.91 Å². The van der Waals surface area contributed by atoms with Crippen LogP contribution in [0.5, 0.6) is 0 Å². The molecule has 1 heterocycles. The summed E-state index contributed by atoms with van der Waals surface area (Å²) in [6.07, 6.45) is 3.61. The minimum atomic E-state index is 0. The lowest BCUT2D eigenvalue weighted by atomic mass is 9.93. The first kappa shape index (κ1) is 17.8. The second-order valence-electron chi connectivity index (χ2n) is 7.54. The highest BCUT2D eigenvalue weighted by Gasteiger charge is 2.68. The molecule has 2 aliphatic rings. The van der Waals surface area contributed by atoms with Gasteiger partial charge in [0.1, 0.15) is 0 Å². The molecule has 1 saturated carbocycles. The van der Waals surface area contributed by atoms with Crippen LogP contribution in [0.4, 0.5) is 0 Å². The van der Waals surface area contributed by atoms with Crippen LogP contribution in [0, 0.1) is 22.7 Å². The van der Waals surface area contributed by atoms with Gasteiger partial charge in [0.05, 0.1) is 0 Å². The molecule has 1 amide bonds. The lowest BCUT2D eigenvalue weighted by Gasteiger charge is -2.32. The Balaban J connectivity index is 0.00000200. The zero-order valence-corrected chi connectivity index (χ0v) is 14.5. The predicted molar refractivity (Wildman–Crippen MR) is 86.1 cm³/mol. The van der Waals surface area contributed by atoms with E-state index in [1.165, 1.54) is 19.3 Å². The Kier molecular flexibility index (Phi) is 5.53. The Morgan fingerprint density at radius 1 is 1.15 bits per heavy atom. The molecule has 0 aromatic rings. The summed E-state index contributed by atoms with van der Waals surface area (Å²) in [5.41, 5.74) is 0.347. The molecule has 1 N–H and O–H groups in total. The van der Waals surface area contributed by atoms with E-state index in [9.17, 15) is 4.79 Å². The molecule has 1 saturated heterocycles. The van der Waals surface area contributed by atoms with E-state index in [1.54, 1.807) is 0 Å². The Bertz CT molecular complexity index is 332. The number of amides is 1. The number of carbonyl (C=O) groups is 1. The van der Waals surface area contributed by atoms with Gasteiger partial charge in [-0.25, -0.2) is 0 Å². The Morgan fingerprint density at radius 2 is 1.65 bits per heavy atom. The first-order chi connectivity index (χ1) is 8.82. The summed E-state index contributed by atoms with van der Waals surface area (Å²) in [6.45, 7) is 12.0. The quantitative estimate of drug-likeness (QED) is 0.866. The first-order valence-electron chi connectivity index (χ1n) is 7.75. The molecule has 4 heteroatoms. The molecule has 118 valence electrons. The average Bonchev–Trinajstić information content (AvgIpc) is 2.77. The zero-order valence-electron chi connectivity index (χ0n) is 13.7. The molecule has 1 aliphatic heterocycles. The van der Waals surface area contributed by atoms with Crippen molar-refractivity contribution in [3.63, 3.8) is 0 Å². The summed E-state index contributed by atoms with van der Waals surface area (Å²) in [7, 11) is 2.01. The molecular weight excluding hydrogens is 272 g/mol. The van der Waals surface area contributed by atoms with Crippen LogP contribution in [0.3, 0.4) is 0 Å². The number of nitrogens with one attached hydrogen (secondary N) is 1. The van der Waals surface area contributed by atoms with E-state index < -0.39 is 0 Å². The summed E-state index contributed by atoms with van der Waals surface area (Å²) in [4.78, 5) is 14.7. The molecule has 0 radical (unpaired) electrons. The Morgan fingerprint density at radius 3 is 2.05 bits per heavy atom. The third kappa shape index (κ3) is 2.99. The lowest BCUT2D eigenvalue weighted by Crippen LogP contribution is -2.40. The van der Waals surface area contributed by atoms with Crippen molar-refractivity contribution in [2.75, 3.05) is 26.7 Å². The van der Waals surface area contributed by atoms with Gasteiger partial charge in [0.25, 0.3) is 0 Å². The molecule has 20 heavy (non-hydrogen) atoms. The SMILES string of the molecule is CNCCC1CCN(C(=O)C2C(C)(C)C2(C)C)CC1.Cl. The molecule has 2 fully saturated rings. The van der Waals surface area contributed by atoms with E-state index in [1.807, 2.05) is 7.05 Å². The van der Waals surface area contributed by atoms with Crippen molar-refractivity contribution in [2.24, 2.45) is 22.7 Å². The van der Waals surface area contributed by atoms with E-state index in [4.69, 9.17) is 0 Å². The van der Waals surface area contributed by atoms with Crippen molar-refractivity contribution in [3.8, 4) is 0 Å². The molecule has 0 aromatic heterocycles. The molecular formula is C16H31ClN2O. The number of nitrogens with zero attached hydrogens (tertiary/aromatic N) is 1.